The highest BCUT2D eigenvalue weighted by molar-refractivity contribution is 6.13. The van der Waals surface area contributed by atoms with Crippen LogP contribution >= 0.6 is 0 Å². The lowest BCUT2D eigenvalue weighted by Gasteiger charge is -2.27. The number of aliphatic imine (C=N–C) groups is 1. The third-order valence-corrected chi connectivity index (χ3v) is 5.62. The third-order valence-electron chi connectivity index (χ3n) is 5.62. The first kappa shape index (κ1) is 18.8. The van der Waals surface area contributed by atoms with Crippen LogP contribution in [-0.4, -0.2) is 30.1 Å². The summed E-state index contributed by atoms with van der Waals surface area (Å²) in [7, 11) is 0. The molecule has 1 aromatic carbocycles. The van der Waals surface area contributed by atoms with E-state index in [9.17, 15) is 9.59 Å². The molecule has 3 rings (SSSR count). The maximum atomic E-state index is 13.0. The van der Waals surface area contributed by atoms with Crippen LogP contribution < -0.4 is 10.6 Å². The highest BCUT2D eigenvalue weighted by atomic mass is 16.2. The van der Waals surface area contributed by atoms with Crippen molar-refractivity contribution in [1.82, 2.24) is 0 Å². The molecule has 2 aliphatic rings. The quantitative estimate of drug-likeness (QED) is 0.903. The number of nitrogens with zero attached hydrogens (tertiary/aromatic N) is 2. The minimum atomic E-state index is -0.952. The summed E-state index contributed by atoms with van der Waals surface area (Å²) < 4.78 is 0. The van der Waals surface area contributed by atoms with Gasteiger partial charge >= 0.3 is 0 Å². The molecule has 1 aliphatic heterocycles. The second-order valence-electron chi connectivity index (χ2n) is 7.56. The largest absolute Gasteiger partial charge is 0.302 e. The van der Waals surface area contributed by atoms with E-state index < -0.39 is 6.17 Å². The van der Waals surface area contributed by atoms with Crippen LogP contribution in [0.5, 0.6) is 0 Å². The fourth-order valence-corrected chi connectivity index (χ4v) is 4.13. The zero-order valence-electron chi connectivity index (χ0n) is 15.8. The first-order valence-electron chi connectivity index (χ1n) is 9.73. The summed E-state index contributed by atoms with van der Waals surface area (Å²) in [5, 5.41) is 0. The predicted octanol–water partition coefficient (Wildman–Crippen LogP) is 3.37. The number of amides is 1. The second-order valence-corrected chi connectivity index (χ2v) is 7.56. The lowest BCUT2D eigenvalue weighted by Crippen LogP contribution is -2.46. The minimum absolute atomic E-state index is 0.0528. The molecule has 140 valence electrons. The van der Waals surface area contributed by atoms with Gasteiger partial charge in [0.2, 0.25) is 0 Å². The Labute approximate surface area is 155 Å². The van der Waals surface area contributed by atoms with Gasteiger partial charge in [-0.25, -0.2) is 0 Å². The standard InChI is InChI=1S/C21H29N3O2/c1-14-9-8-12-17-15(2)23-20(22)21(26)24(19(14)17)13-18(25)16-10-6-4-3-5-7-11-16/h8-9,12,16,20H,3-7,10-11,13,22H2,1-2H3. The first-order chi connectivity index (χ1) is 12.5. The van der Waals surface area contributed by atoms with E-state index in [0.29, 0.717) is 0 Å². The van der Waals surface area contributed by atoms with E-state index in [1.165, 1.54) is 19.3 Å². The Hall–Kier alpha value is -2.01. The first-order valence-corrected chi connectivity index (χ1v) is 9.73. The Bertz CT molecular complexity index is 718. The molecule has 0 saturated heterocycles. The van der Waals surface area contributed by atoms with E-state index in [-0.39, 0.29) is 24.2 Å². The topological polar surface area (TPSA) is 75.8 Å². The Morgan fingerprint density at radius 3 is 2.50 bits per heavy atom. The average molecular weight is 355 g/mol. The Morgan fingerprint density at radius 2 is 1.81 bits per heavy atom. The van der Waals surface area contributed by atoms with Gasteiger partial charge in [-0.3, -0.25) is 14.6 Å². The number of ketones is 1. The van der Waals surface area contributed by atoms with Gasteiger partial charge in [0.1, 0.15) is 0 Å². The van der Waals surface area contributed by atoms with E-state index in [1.807, 2.05) is 32.0 Å². The number of fused-ring (bicyclic) bond motifs is 1. The highest BCUT2D eigenvalue weighted by Crippen LogP contribution is 2.30. The van der Waals surface area contributed by atoms with Gasteiger partial charge in [-0.15, -0.1) is 0 Å². The number of para-hydroxylation sites is 1. The van der Waals surface area contributed by atoms with E-state index in [4.69, 9.17) is 5.73 Å². The van der Waals surface area contributed by atoms with Crippen molar-refractivity contribution in [2.45, 2.75) is 65.0 Å². The fourth-order valence-electron chi connectivity index (χ4n) is 4.13. The van der Waals surface area contributed by atoms with E-state index >= 15 is 0 Å². The zero-order chi connectivity index (χ0) is 18.7. The number of carbonyl (C=O) groups is 2. The van der Waals surface area contributed by atoms with Gasteiger partial charge in [-0.2, -0.15) is 0 Å². The number of carbonyl (C=O) groups excluding carboxylic acids is 2. The number of Topliss-reactive ketones (excluding diaryl/α,β-unsaturated/α-hetero) is 1. The van der Waals surface area contributed by atoms with E-state index in [1.54, 1.807) is 4.90 Å². The van der Waals surface area contributed by atoms with Crippen LogP contribution in [0.2, 0.25) is 0 Å². The van der Waals surface area contributed by atoms with Crippen LogP contribution in [-0.2, 0) is 9.59 Å². The van der Waals surface area contributed by atoms with Crippen LogP contribution in [0.25, 0.3) is 0 Å². The van der Waals surface area contributed by atoms with Crippen molar-refractivity contribution in [2.24, 2.45) is 16.6 Å². The molecule has 1 saturated carbocycles. The molecule has 1 fully saturated rings. The van der Waals surface area contributed by atoms with Crippen molar-refractivity contribution in [1.29, 1.82) is 0 Å². The van der Waals surface area contributed by atoms with Crippen LogP contribution in [0.3, 0.4) is 0 Å². The Morgan fingerprint density at radius 1 is 1.15 bits per heavy atom. The summed E-state index contributed by atoms with van der Waals surface area (Å²) in [6.07, 6.45) is 6.78. The predicted molar refractivity (Wildman–Crippen MR) is 105 cm³/mol. The lowest BCUT2D eigenvalue weighted by atomic mass is 9.88. The molecule has 0 aromatic heterocycles. The number of benzodiazepines with no additional fused rings is 1. The fraction of sp³-hybridized carbons (Fsp3) is 0.571. The maximum absolute atomic E-state index is 13.0. The highest BCUT2D eigenvalue weighted by Gasteiger charge is 2.32. The molecule has 0 radical (unpaired) electrons. The zero-order valence-corrected chi connectivity index (χ0v) is 15.8. The number of hydrogen-bond acceptors (Lipinski definition) is 4. The number of hydrogen-bond donors (Lipinski definition) is 1. The molecule has 1 aromatic rings. The lowest BCUT2D eigenvalue weighted by molar-refractivity contribution is -0.125. The average Bonchev–Trinajstić information content (AvgIpc) is 2.66. The van der Waals surface area contributed by atoms with Crippen LogP contribution in [0, 0.1) is 12.8 Å². The molecule has 0 bridgehead atoms. The number of rotatable bonds is 3. The van der Waals surface area contributed by atoms with E-state index in [2.05, 4.69) is 4.99 Å². The van der Waals surface area contributed by atoms with Gasteiger partial charge in [0, 0.05) is 17.2 Å². The van der Waals surface area contributed by atoms with Crippen LogP contribution in [0.1, 0.15) is 63.0 Å². The van der Waals surface area contributed by atoms with E-state index in [0.717, 1.165) is 48.2 Å². The molecule has 1 amide bonds. The van der Waals surface area contributed by atoms with Gasteiger partial charge in [-0.05, 0) is 32.3 Å². The van der Waals surface area contributed by atoms with Gasteiger partial charge in [-0.1, -0.05) is 50.3 Å². The molecule has 5 heteroatoms. The summed E-state index contributed by atoms with van der Waals surface area (Å²) in [6, 6.07) is 5.85. The van der Waals surface area contributed by atoms with Crippen molar-refractivity contribution in [2.75, 3.05) is 11.4 Å². The van der Waals surface area contributed by atoms with Crippen LogP contribution in [0.15, 0.2) is 23.2 Å². The normalized spacial score (nSPS) is 22.1. The van der Waals surface area contributed by atoms with Crippen molar-refractivity contribution in [3.63, 3.8) is 0 Å². The summed E-state index contributed by atoms with van der Waals surface area (Å²) in [5.74, 6) is -0.0881. The number of benzene rings is 1. The number of anilines is 1. The molecule has 2 N–H and O–H groups in total. The van der Waals surface area contributed by atoms with Gasteiger partial charge in [0.25, 0.3) is 5.91 Å². The Balaban J connectivity index is 1.89. The molecule has 1 aliphatic carbocycles. The Kier molecular flexibility index (Phi) is 5.87. The molecule has 5 nitrogen and oxygen atoms in total. The van der Waals surface area contributed by atoms with Crippen LogP contribution in [0.4, 0.5) is 5.69 Å². The smallest absolute Gasteiger partial charge is 0.266 e. The van der Waals surface area contributed by atoms with Gasteiger partial charge in [0.05, 0.1) is 12.2 Å². The minimum Gasteiger partial charge on any atom is -0.302 e. The van der Waals surface area contributed by atoms with Crippen molar-refractivity contribution in [3.8, 4) is 0 Å². The molecular weight excluding hydrogens is 326 g/mol. The second kappa shape index (κ2) is 8.12. The molecule has 1 atom stereocenters. The monoisotopic (exact) mass is 355 g/mol. The van der Waals surface area contributed by atoms with Crippen molar-refractivity contribution < 1.29 is 9.59 Å². The summed E-state index contributed by atoms with van der Waals surface area (Å²) in [6.45, 7) is 3.92. The molecule has 26 heavy (non-hydrogen) atoms. The third kappa shape index (κ3) is 3.88. The molecular formula is C21H29N3O2. The summed E-state index contributed by atoms with van der Waals surface area (Å²) in [4.78, 5) is 31.8. The van der Waals surface area contributed by atoms with Gasteiger partial charge < -0.3 is 10.6 Å². The van der Waals surface area contributed by atoms with Crippen molar-refractivity contribution in [3.05, 3.63) is 29.3 Å². The summed E-state index contributed by atoms with van der Waals surface area (Å²) in [5.41, 5.74) is 9.37. The SMILES string of the molecule is CC1=NC(N)C(=O)N(CC(=O)C2CCCCCCC2)c2c(C)cccc21. The molecule has 0 spiro atoms. The summed E-state index contributed by atoms with van der Waals surface area (Å²) >= 11 is 0. The van der Waals surface area contributed by atoms with Crippen molar-refractivity contribution >= 4 is 23.1 Å². The number of aryl methyl sites for hydroxylation is 1. The molecule has 1 heterocycles. The maximum Gasteiger partial charge on any atom is 0.266 e. The van der Waals surface area contributed by atoms with Gasteiger partial charge in [0.15, 0.2) is 11.9 Å². The molecule has 1 unspecified atom stereocenters. The number of nitrogens with two attached hydrogens (primary N) is 1.